The van der Waals surface area contributed by atoms with E-state index in [1.807, 2.05) is 64.8 Å². The summed E-state index contributed by atoms with van der Waals surface area (Å²) >= 11 is 1.56. The van der Waals surface area contributed by atoms with Crippen LogP contribution < -0.4 is 4.80 Å². The zero-order chi connectivity index (χ0) is 20.9. The standard InChI is InChI=1S/C25H20N4OS/c1-2-6-19(7-3-1)12-15-27-25-29(28-17-20-10-13-26-14-11-20)22(18-31-25)24-16-21-8-4-5-9-23(21)30-24/h1-11,13-14,16-18H,12,15H2. The minimum absolute atomic E-state index is 0.689. The number of fused-ring (bicyclic) bond motifs is 1. The number of rotatable bonds is 6. The van der Waals surface area contributed by atoms with Crippen molar-refractivity contribution >= 4 is 28.5 Å². The van der Waals surface area contributed by atoms with Crippen molar-refractivity contribution in [3.05, 3.63) is 106 Å². The second-order valence-electron chi connectivity index (χ2n) is 7.01. The lowest BCUT2D eigenvalue weighted by atomic mass is 10.2. The summed E-state index contributed by atoms with van der Waals surface area (Å²) in [7, 11) is 0. The van der Waals surface area contributed by atoms with E-state index in [-0.39, 0.29) is 0 Å². The van der Waals surface area contributed by atoms with Crippen molar-refractivity contribution in [2.75, 3.05) is 6.54 Å². The molecule has 3 aromatic heterocycles. The van der Waals surface area contributed by atoms with Gasteiger partial charge in [0.25, 0.3) is 0 Å². The highest BCUT2D eigenvalue weighted by atomic mass is 32.1. The summed E-state index contributed by atoms with van der Waals surface area (Å²) in [6.07, 6.45) is 6.21. The van der Waals surface area contributed by atoms with Gasteiger partial charge in [-0.2, -0.15) is 5.10 Å². The monoisotopic (exact) mass is 424 g/mol. The molecule has 0 aliphatic carbocycles. The van der Waals surface area contributed by atoms with E-state index >= 15 is 0 Å². The van der Waals surface area contributed by atoms with Crippen molar-refractivity contribution in [3.8, 4) is 11.5 Å². The molecular formula is C25H20N4OS. The number of para-hydroxylation sites is 1. The third-order valence-corrected chi connectivity index (χ3v) is 5.74. The Labute approximate surface area is 183 Å². The van der Waals surface area contributed by atoms with Crippen LogP contribution in [0.4, 0.5) is 0 Å². The van der Waals surface area contributed by atoms with Crippen LogP contribution in [0.5, 0.6) is 0 Å². The molecule has 0 aliphatic rings. The predicted molar refractivity (Wildman–Crippen MR) is 125 cm³/mol. The van der Waals surface area contributed by atoms with Crippen molar-refractivity contribution in [2.45, 2.75) is 6.42 Å². The molecule has 0 aliphatic heterocycles. The number of nitrogens with zero attached hydrogens (tertiary/aromatic N) is 4. The van der Waals surface area contributed by atoms with E-state index in [1.165, 1.54) is 5.56 Å². The van der Waals surface area contributed by atoms with Gasteiger partial charge in [-0.05, 0) is 41.8 Å². The summed E-state index contributed by atoms with van der Waals surface area (Å²) in [5, 5.41) is 7.84. The Morgan fingerprint density at radius 1 is 0.968 bits per heavy atom. The fourth-order valence-corrected chi connectivity index (χ4v) is 4.14. The zero-order valence-corrected chi connectivity index (χ0v) is 17.6. The van der Waals surface area contributed by atoms with E-state index in [9.17, 15) is 0 Å². The van der Waals surface area contributed by atoms with Crippen LogP contribution in [0.2, 0.25) is 0 Å². The van der Waals surface area contributed by atoms with Crippen molar-refractivity contribution in [1.29, 1.82) is 0 Å². The molecule has 31 heavy (non-hydrogen) atoms. The maximum atomic E-state index is 6.09. The van der Waals surface area contributed by atoms with Crippen LogP contribution in [-0.2, 0) is 6.42 Å². The SMILES string of the molecule is C(=Nn1c(-c2cc3ccccc3o2)csc1=NCCc1ccccc1)c1ccncc1. The van der Waals surface area contributed by atoms with Gasteiger partial charge >= 0.3 is 0 Å². The first-order valence-corrected chi connectivity index (χ1v) is 10.9. The first kappa shape index (κ1) is 19.2. The van der Waals surface area contributed by atoms with Gasteiger partial charge in [-0.25, -0.2) is 4.68 Å². The molecular weight excluding hydrogens is 404 g/mol. The predicted octanol–water partition coefficient (Wildman–Crippen LogP) is 5.38. The van der Waals surface area contributed by atoms with E-state index in [0.717, 1.165) is 39.2 Å². The lowest BCUT2D eigenvalue weighted by Crippen LogP contribution is -2.13. The molecule has 3 heterocycles. The lowest BCUT2D eigenvalue weighted by molar-refractivity contribution is 0.621. The first-order chi connectivity index (χ1) is 15.4. The molecule has 2 aromatic carbocycles. The molecule has 0 amide bonds. The summed E-state index contributed by atoms with van der Waals surface area (Å²) in [4.78, 5) is 9.72. The quantitative estimate of drug-likeness (QED) is 0.344. The van der Waals surface area contributed by atoms with Crippen LogP contribution in [0.1, 0.15) is 11.1 Å². The number of benzene rings is 2. The highest BCUT2D eigenvalue weighted by Crippen LogP contribution is 2.28. The Morgan fingerprint density at radius 2 is 1.77 bits per heavy atom. The van der Waals surface area contributed by atoms with Crippen LogP contribution in [-0.4, -0.2) is 22.4 Å². The molecule has 0 saturated heterocycles. The van der Waals surface area contributed by atoms with Crippen molar-refractivity contribution < 1.29 is 4.42 Å². The van der Waals surface area contributed by atoms with Crippen LogP contribution in [0.3, 0.4) is 0 Å². The normalized spacial score (nSPS) is 12.2. The van der Waals surface area contributed by atoms with Gasteiger partial charge in [0.2, 0.25) is 4.80 Å². The van der Waals surface area contributed by atoms with Crippen LogP contribution in [0.15, 0.2) is 105 Å². The average molecular weight is 425 g/mol. The molecule has 0 N–H and O–H groups in total. The summed E-state index contributed by atoms with van der Waals surface area (Å²) < 4.78 is 7.95. The van der Waals surface area contributed by atoms with E-state index in [1.54, 1.807) is 23.7 Å². The van der Waals surface area contributed by atoms with Crippen molar-refractivity contribution in [1.82, 2.24) is 9.66 Å². The molecule has 0 bridgehead atoms. The number of hydrogen-bond donors (Lipinski definition) is 0. The number of hydrogen-bond acceptors (Lipinski definition) is 5. The zero-order valence-electron chi connectivity index (χ0n) is 16.8. The molecule has 0 radical (unpaired) electrons. The minimum atomic E-state index is 0.689. The van der Waals surface area contributed by atoms with Gasteiger partial charge in [0.05, 0.1) is 6.21 Å². The van der Waals surface area contributed by atoms with Gasteiger partial charge in [0.1, 0.15) is 11.3 Å². The summed E-state index contributed by atoms with van der Waals surface area (Å²) in [6.45, 7) is 0.689. The lowest BCUT2D eigenvalue weighted by Gasteiger charge is -2.01. The molecule has 152 valence electrons. The van der Waals surface area contributed by atoms with Crippen LogP contribution >= 0.6 is 11.3 Å². The third kappa shape index (κ3) is 4.39. The van der Waals surface area contributed by atoms with Crippen LogP contribution in [0, 0.1) is 0 Å². The molecule has 0 spiro atoms. The molecule has 0 atom stereocenters. The fourth-order valence-electron chi connectivity index (χ4n) is 3.30. The van der Waals surface area contributed by atoms with Gasteiger partial charge in [-0.3, -0.25) is 9.98 Å². The first-order valence-electron chi connectivity index (χ1n) is 10.1. The van der Waals surface area contributed by atoms with Crippen molar-refractivity contribution in [2.24, 2.45) is 10.1 Å². The number of thiazole rings is 1. The molecule has 6 heteroatoms. The fraction of sp³-hybridized carbons (Fsp3) is 0.0800. The van der Waals surface area contributed by atoms with Gasteiger partial charge < -0.3 is 4.42 Å². The van der Waals surface area contributed by atoms with Gasteiger partial charge in [0.15, 0.2) is 5.76 Å². The molecule has 5 nitrogen and oxygen atoms in total. The topological polar surface area (TPSA) is 55.7 Å². The Balaban J connectivity index is 1.52. The number of aromatic nitrogens is 2. The Bertz CT molecular complexity index is 1350. The second-order valence-corrected chi connectivity index (χ2v) is 7.84. The van der Waals surface area contributed by atoms with Gasteiger partial charge in [-0.1, -0.05) is 48.5 Å². The van der Waals surface area contributed by atoms with E-state index < -0.39 is 0 Å². The van der Waals surface area contributed by atoms with E-state index in [2.05, 4.69) is 29.2 Å². The number of furan rings is 1. The average Bonchev–Trinajstić information content (AvgIpc) is 3.43. The van der Waals surface area contributed by atoms with Crippen LogP contribution in [0.25, 0.3) is 22.4 Å². The molecule has 5 rings (SSSR count). The maximum absolute atomic E-state index is 6.09. The van der Waals surface area contributed by atoms with Crippen molar-refractivity contribution in [3.63, 3.8) is 0 Å². The second kappa shape index (κ2) is 8.93. The maximum Gasteiger partial charge on any atom is 0.206 e. The highest BCUT2D eigenvalue weighted by Gasteiger charge is 2.12. The Hall–Kier alpha value is -3.77. The van der Waals surface area contributed by atoms with Gasteiger partial charge in [0, 0.05) is 29.7 Å². The van der Waals surface area contributed by atoms with E-state index in [0.29, 0.717) is 6.54 Å². The third-order valence-electron chi connectivity index (χ3n) is 4.88. The molecule has 0 saturated carbocycles. The molecule has 5 aromatic rings. The largest absolute Gasteiger partial charge is 0.454 e. The highest BCUT2D eigenvalue weighted by molar-refractivity contribution is 7.07. The van der Waals surface area contributed by atoms with Gasteiger partial charge in [-0.15, -0.1) is 11.3 Å². The smallest absolute Gasteiger partial charge is 0.206 e. The Kier molecular flexibility index (Phi) is 5.54. The molecule has 0 unspecified atom stereocenters. The van der Waals surface area contributed by atoms with E-state index in [4.69, 9.17) is 14.5 Å². The summed E-state index contributed by atoms with van der Waals surface area (Å²) in [5.41, 5.74) is 3.98. The summed E-state index contributed by atoms with van der Waals surface area (Å²) in [5.74, 6) is 0.772. The minimum Gasteiger partial charge on any atom is -0.454 e. The summed E-state index contributed by atoms with van der Waals surface area (Å²) in [6, 6.07) is 24.3. The Morgan fingerprint density at radius 3 is 2.61 bits per heavy atom. The molecule has 0 fully saturated rings. The number of pyridine rings is 1.